The first-order valence-corrected chi connectivity index (χ1v) is 6.05. The van der Waals surface area contributed by atoms with Gasteiger partial charge in [-0.25, -0.2) is 0 Å². The van der Waals surface area contributed by atoms with E-state index >= 15 is 0 Å². The van der Waals surface area contributed by atoms with Gasteiger partial charge >= 0.3 is 0 Å². The monoisotopic (exact) mass is 252 g/mol. The summed E-state index contributed by atoms with van der Waals surface area (Å²) in [7, 11) is 0. The standard InChI is InChI=1S/C14H20N2.ClH/c1-4-10(5-2)14-9(3)16-13-7-6-11(15)8-12(13)14;/h6-8,10,16H,4-5,15H2,1-3H3;1H. The quantitative estimate of drug-likeness (QED) is 0.782. The van der Waals surface area contributed by atoms with Crippen LogP contribution >= 0.6 is 12.4 Å². The number of rotatable bonds is 3. The number of H-pyrrole nitrogens is 1. The number of fused-ring (bicyclic) bond motifs is 1. The van der Waals surface area contributed by atoms with Gasteiger partial charge in [0.05, 0.1) is 0 Å². The van der Waals surface area contributed by atoms with Crippen molar-refractivity contribution < 1.29 is 0 Å². The SMILES string of the molecule is CCC(CC)c1c(C)[nH]c2ccc(N)cc12.Cl. The molecule has 3 heteroatoms. The predicted molar refractivity (Wildman–Crippen MR) is 78.0 cm³/mol. The molecule has 2 aromatic rings. The van der Waals surface area contributed by atoms with Gasteiger partial charge in [-0.15, -0.1) is 12.4 Å². The molecule has 0 aliphatic heterocycles. The normalized spacial score (nSPS) is 10.8. The van der Waals surface area contributed by atoms with E-state index < -0.39 is 0 Å². The lowest BCUT2D eigenvalue weighted by atomic mass is 9.91. The number of nitrogens with one attached hydrogen (secondary N) is 1. The first kappa shape index (κ1) is 13.9. The zero-order valence-electron chi connectivity index (χ0n) is 10.7. The summed E-state index contributed by atoms with van der Waals surface area (Å²) in [6.45, 7) is 6.65. The number of halogens is 1. The summed E-state index contributed by atoms with van der Waals surface area (Å²) in [6.07, 6.45) is 2.36. The highest BCUT2D eigenvalue weighted by Crippen LogP contribution is 2.33. The largest absolute Gasteiger partial charge is 0.399 e. The molecule has 2 nitrogen and oxygen atoms in total. The van der Waals surface area contributed by atoms with Crippen molar-refractivity contribution in [3.63, 3.8) is 0 Å². The van der Waals surface area contributed by atoms with Crippen molar-refractivity contribution in [1.82, 2.24) is 4.98 Å². The van der Waals surface area contributed by atoms with Crippen molar-refractivity contribution in [3.05, 3.63) is 29.5 Å². The summed E-state index contributed by atoms with van der Waals surface area (Å²) >= 11 is 0. The predicted octanol–water partition coefficient (Wildman–Crippen LogP) is 4.38. The van der Waals surface area contributed by atoms with Crippen LogP contribution in [0.25, 0.3) is 10.9 Å². The fourth-order valence-electron chi connectivity index (χ4n) is 2.59. The Bertz CT molecular complexity index is 498. The summed E-state index contributed by atoms with van der Waals surface area (Å²) in [5.41, 5.74) is 10.7. The van der Waals surface area contributed by atoms with E-state index in [0.29, 0.717) is 5.92 Å². The van der Waals surface area contributed by atoms with Gasteiger partial charge < -0.3 is 10.7 Å². The van der Waals surface area contributed by atoms with Crippen molar-refractivity contribution in [3.8, 4) is 0 Å². The molecule has 1 aromatic carbocycles. The van der Waals surface area contributed by atoms with Crippen LogP contribution < -0.4 is 5.73 Å². The minimum atomic E-state index is 0. The number of nitrogens with two attached hydrogens (primary N) is 1. The highest BCUT2D eigenvalue weighted by atomic mass is 35.5. The van der Waals surface area contributed by atoms with Crippen LogP contribution in [0.4, 0.5) is 5.69 Å². The van der Waals surface area contributed by atoms with E-state index in [1.807, 2.05) is 6.07 Å². The molecule has 0 amide bonds. The van der Waals surface area contributed by atoms with Gasteiger partial charge in [0.15, 0.2) is 0 Å². The second-order valence-corrected chi connectivity index (χ2v) is 4.48. The average molecular weight is 253 g/mol. The van der Waals surface area contributed by atoms with E-state index in [2.05, 4.69) is 37.9 Å². The summed E-state index contributed by atoms with van der Waals surface area (Å²) in [4.78, 5) is 3.45. The lowest BCUT2D eigenvalue weighted by Crippen LogP contribution is -1.96. The Hall–Kier alpha value is -1.15. The van der Waals surface area contributed by atoms with Crippen molar-refractivity contribution in [2.75, 3.05) is 5.73 Å². The van der Waals surface area contributed by atoms with E-state index in [4.69, 9.17) is 5.73 Å². The lowest BCUT2D eigenvalue weighted by molar-refractivity contribution is 0.642. The fourth-order valence-corrected chi connectivity index (χ4v) is 2.59. The number of anilines is 1. The third kappa shape index (κ3) is 2.42. The van der Waals surface area contributed by atoms with Crippen molar-refractivity contribution in [2.24, 2.45) is 0 Å². The molecule has 1 aromatic heterocycles. The summed E-state index contributed by atoms with van der Waals surface area (Å²) in [5.74, 6) is 0.635. The molecule has 94 valence electrons. The van der Waals surface area contributed by atoms with Gasteiger partial charge in [0.25, 0.3) is 0 Å². The van der Waals surface area contributed by atoms with Crippen LogP contribution in [0.3, 0.4) is 0 Å². The summed E-state index contributed by atoms with van der Waals surface area (Å²) in [5, 5.41) is 1.30. The lowest BCUT2D eigenvalue weighted by Gasteiger charge is -2.13. The molecule has 1 heterocycles. The Morgan fingerprint density at radius 1 is 1.24 bits per heavy atom. The minimum Gasteiger partial charge on any atom is -0.399 e. The maximum absolute atomic E-state index is 5.87. The molecule has 0 spiro atoms. The number of nitrogen functional groups attached to an aromatic ring is 1. The molecule has 0 bridgehead atoms. The highest BCUT2D eigenvalue weighted by molar-refractivity contribution is 5.87. The fraction of sp³-hybridized carbons (Fsp3) is 0.429. The number of aryl methyl sites for hydroxylation is 1. The molecule has 0 aliphatic rings. The molecular formula is C14H21ClN2. The molecule has 0 radical (unpaired) electrons. The first-order valence-electron chi connectivity index (χ1n) is 6.05. The van der Waals surface area contributed by atoms with Gasteiger partial charge in [-0.3, -0.25) is 0 Å². The van der Waals surface area contributed by atoms with Crippen LogP contribution in [0.1, 0.15) is 43.9 Å². The van der Waals surface area contributed by atoms with Gasteiger partial charge in [0.2, 0.25) is 0 Å². The maximum Gasteiger partial charge on any atom is 0.0460 e. The second-order valence-electron chi connectivity index (χ2n) is 4.48. The molecule has 0 saturated carbocycles. The van der Waals surface area contributed by atoms with E-state index in [-0.39, 0.29) is 12.4 Å². The van der Waals surface area contributed by atoms with Crippen LogP contribution in [0, 0.1) is 6.92 Å². The Balaban J connectivity index is 0.00000144. The van der Waals surface area contributed by atoms with E-state index in [1.165, 1.54) is 35.0 Å². The van der Waals surface area contributed by atoms with Crippen molar-refractivity contribution in [1.29, 1.82) is 0 Å². The molecule has 3 N–H and O–H groups in total. The number of benzene rings is 1. The molecule has 0 atom stereocenters. The van der Waals surface area contributed by atoms with E-state index in [9.17, 15) is 0 Å². The molecule has 0 fully saturated rings. The van der Waals surface area contributed by atoms with Crippen LogP contribution in [0.2, 0.25) is 0 Å². The van der Waals surface area contributed by atoms with E-state index in [0.717, 1.165) is 5.69 Å². The zero-order chi connectivity index (χ0) is 11.7. The Morgan fingerprint density at radius 3 is 2.47 bits per heavy atom. The van der Waals surface area contributed by atoms with Gasteiger partial charge in [0.1, 0.15) is 0 Å². The van der Waals surface area contributed by atoms with Crippen molar-refractivity contribution in [2.45, 2.75) is 39.5 Å². The number of aromatic nitrogens is 1. The van der Waals surface area contributed by atoms with E-state index in [1.54, 1.807) is 0 Å². The average Bonchev–Trinajstić information content (AvgIpc) is 2.58. The van der Waals surface area contributed by atoms with Crippen LogP contribution in [-0.4, -0.2) is 4.98 Å². The Labute approximate surface area is 109 Å². The zero-order valence-corrected chi connectivity index (χ0v) is 11.5. The topological polar surface area (TPSA) is 41.8 Å². The van der Waals surface area contributed by atoms with Gasteiger partial charge in [-0.1, -0.05) is 13.8 Å². The molecule has 17 heavy (non-hydrogen) atoms. The number of aromatic amines is 1. The second kappa shape index (κ2) is 5.46. The Morgan fingerprint density at radius 2 is 1.88 bits per heavy atom. The molecular weight excluding hydrogens is 232 g/mol. The first-order chi connectivity index (χ1) is 7.67. The third-order valence-electron chi connectivity index (χ3n) is 3.45. The molecule has 0 unspecified atom stereocenters. The van der Waals surface area contributed by atoms with Crippen molar-refractivity contribution >= 4 is 29.0 Å². The summed E-state index contributed by atoms with van der Waals surface area (Å²) < 4.78 is 0. The van der Waals surface area contributed by atoms with Gasteiger partial charge in [-0.2, -0.15) is 0 Å². The molecule has 0 saturated heterocycles. The highest BCUT2D eigenvalue weighted by Gasteiger charge is 2.15. The van der Waals surface area contributed by atoms with Gasteiger partial charge in [0, 0.05) is 22.3 Å². The number of hydrogen-bond acceptors (Lipinski definition) is 1. The smallest absolute Gasteiger partial charge is 0.0460 e. The minimum absolute atomic E-state index is 0. The van der Waals surface area contributed by atoms with Crippen LogP contribution in [0.15, 0.2) is 18.2 Å². The third-order valence-corrected chi connectivity index (χ3v) is 3.45. The maximum atomic E-state index is 5.87. The number of hydrogen-bond donors (Lipinski definition) is 2. The van der Waals surface area contributed by atoms with Crippen LogP contribution in [-0.2, 0) is 0 Å². The molecule has 2 rings (SSSR count). The molecule has 0 aliphatic carbocycles. The Kier molecular flexibility index (Phi) is 4.47. The van der Waals surface area contributed by atoms with Gasteiger partial charge in [-0.05, 0) is 49.4 Å². The summed E-state index contributed by atoms with van der Waals surface area (Å²) in [6, 6.07) is 6.12. The van der Waals surface area contributed by atoms with Crippen LogP contribution in [0.5, 0.6) is 0 Å².